The Labute approximate surface area is 192 Å². The zero-order chi connectivity index (χ0) is 22.5. The molecule has 4 rings (SSSR count). The molecule has 2 heterocycles. The fraction of sp³-hybridized carbons (Fsp3) is 0.350. The van der Waals surface area contributed by atoms with E-state index in [1.54, 1.807) is 6.07 Å². The first kappa shape index (κ1) is 22.7. The lowest BCUT2D eigenvalue weighted by Crippen LogP contribution is -2.40. The van der Waals surface area contributed by atoms with E-state index in [2.05, 4.69) is 0 Å². The second-order valence-electron chi connectivity index (χ2n) is 7.65. The van der Waals surface area contributed by atoms with Gasteiger partial charge >= 0.3 is 0 Å². The van der Waals surface area contributed by atoms with Crippen molar-refractivity contribution < 1.29 is 22.0 Å². The molecule has 11 heteroatoms. The fourth-order valence-corrected chi connectivity index (χ4v) is 5.92. The standard InChI is InChI=1S/C20H17Cl3F2N2O3S/c21-13-5-12(6-14(22)7-13)11-1-3-26(10-11)18-2-4-27(20(18)28)15-8-16(24)19(17(25)9-15)31(23,29)30/h5-9,11,18H,1-4,10H2/t11?,18-/m0/s1. The normalized spacial score (nSPS) is 22.5. The second kappa shape index (κ2) is 8.48. The van der Waals surface area contributed by atoms with Crippen LogP contribution < -0.4 is 4.90 Å². The number of nitrogens with zero attached hydrogens (tertiary/aromatic N) is 2. The molecule has 0 aromatic heterocycles. The van der Waals surface area contributed by atoms with Crippen LogP contribution in [0.4, 0.5) is 14.5 Å². The summed E-state index contributed by atoms with van der Waals surface area (Å²) in [4.78, 5) is 15.1. The molecule has 5 nitrogen and oxygen atoms in total. The van der Waals surface area contributed by atoms with Gasteiger partial charge in [0.05, 0.1) is 6.04 Å². The van der Waals surface area contributed by atoms with Crippen molar-refractivity contribution in [3.05, 3.63) is 57.6 Å². The van der Waals surface area contributed by atoms with Gasteiger partial charge in [0.25, 0.3) is 9.05 Å². The molecule has 2 saturated heterocycles. The van der Waals surface area contributed by atoms with Gasteiger partial charge in [0.2, 0.25) is 5.91 Å². The lowest BCUT2D eigenvalue weighted by Gasteiger charge is -2.24. The molecule has 2 atom stereocenters. The summed E-state index contributed by atoms with van der Waals surface area (Å²) < 4.78 is 51.2. The molecule has 2 aromatic rings. The Hall–Kier alpha value is -1.45. The van der Waals surface area contributed by atoms with Crippen LogP contribution in [0.1, 0.15) is 24.3 Å². The highest BCUT2D eigenvalue weighted by Gasteiger charge is 2.40. The van der Waals surface area contributed by atoms with Gasteiger partial charge in [0.1, 0.15) is 11.6 Å². The maximum absolute atomic E-state index is 14.2. The molecule has 0 bridgehead atoms. The van der Waals surface area contributed by atoms with E-state index in [4.69, 9.17) is 33.9 Å². The number of benzene rings is 2. The molecule has 0 radical (unpaired) electrons. The quantitative estimate of drug-likeness (QED) is 0.556. The van der Waals surface area contributed by atoms with Crippen LogP contribution in [-0.2, 0) is 13.8 Å². The Morgan fingerprint density at radius 3 is 2.13 bits per heavy atom. The van der Waals surface area contributed by atoms with Crippen molar-refractivity contribution >= 4 is 54.5 Å². The molecule has 1 amide bonds. The van der Waals surface area contributed by atoms with Crippen molar-refractivity contribution in [2.75, 3.05) is 24.5 Å². The van der Waals surface area contributed by atoms with Crippen LogP contribution in [-0.4, -0.2) is 44.9 Å². The number of hydrogen-bond donors (Lipinski definition) is 0. The minimum absolute atomic E-state index is 0.0380. The van der Waals surface area contributed by atoms with Crippen LogP contribution in [0.15, 0.2) is 35.2 Å². The largest absolute Gasteiger partial charge is 0.311 e. The molecular formula is C20H17Cl3F2N2O3S. The van der Waals surface area contributed by atoms with E-state index in [-0.39, 0.29) is 24.1 Å². The number of carbonyl (C=O) groups excluding carboxylic acids is 1. The number of rotatable bonds is 4. The molecule has 2 aliphatic heterocycles. The predicted octanol–water partition coefficient (Wildman–Crippen LogP) is 4.79. The van der Waals surface area contributed by atoms with Gasteiger partial charge < -0.3 is 4.90 Å². The Kier molecular flexibility index (Phi) is 6.22. The number of halogens is 5. The third-order valence-corrected chi connectivity index (χ3v) is 7.51. The minimum Gasteiger partial charge on any atom is -0.311 e. The highest BCUT2D eigenvalue weighted by atomic mass is 35.7. The third kappa shape index (κ3) is 4.54. The Morgan fingerprint density at radius 2 is 1.55 bits per heavy atom. The van der Waals surface area contributed by atoms with Crippen molar-refractivity contribution in [1.82, 2.24) is 4.90 Å². The van der Waals surface area contributed by atoms with Crippen LogP contribution in [0.5, 0.6) is 0 Å². The molecule has 0 aliphatic carbocycles. The van der Waals surface area contributed by atoms with Gasteiger partial charge in [0.15, 0.2) is 4.90 Å². The Bertz CT molecular complexity index is 1120. The van der Waals surface area contributed by atoms with Crippen molar-refractivity contribution in [1.29, 1.82) is 0 Å². The molecule has 0 spiro atoms. The first-order valence-electron chi connectivity index (χ1n) is 9.49. The number of likely N-dealkylation sites (tertiary alicyclic amines) is 1. The minimum atomic E-state index is -4.59. The molecule has 0 N–H and O–H groups in total. The van der Waals surface area contributed by atoms with Crippen molar-refractivity contribution in [3.63, 3.8) is 0 Å². The first-order valence-corrected chi connectivity index (χ1v) is 12.6. The molecule has 31 heavy (non-hydrogen) atoms. The maximum atomic E-state index is 14.2. The smallest absolute Gasteiger partial charge is 0.267 e. The number of amides is 1. The maximum Gasteiger partial charge on any atom is 0.267 e. The Morgan fingerprint density at radius 1 is 0.935 bits per heavy atom. The molecule has 2 fully saturated rings. The summed E-state index contributed by atoms with van der Waals surface area (Å²) in [5, 5.41) is 1.10. The SMILES string of the molecule is O=C1[C@@H](N2CCC(c3cc(Cl)cc(Cl)c3)C2)CCN1c1cc(F)c(S(=O)(=O)Cl)c(F)c1. The van der Waals surface area contributed by atoms with Crippen LogP contribution in [0.2, 0.25) is 10.0 Å². The fourth-order valence-electron chi connectivity index (χ4n) is 4.35. The molecule has 2 aromatic carbocycles. The lowest BCUT2D eigenvalue weighted by atomic mass is 9.98. The Balaban J connectivity index is 1.51. The third-order valence-electron chi connectivity index (χ3n) is 5.73. The molecule has 0 saturated carbocycles. The first-order chi connectivity index (χ1) is 14.5. The predicted molar refractivity (Wildman–Crippen MR) is 116 cm³/mol. The van der Waals surface area contributed by atoms with Gasteiger partial charge in [-0.2, -0.15) is 0 Å². The lowest BCUT2D eigenvalue weighted by molar-refractivity contribution is -0.121. The zero-order valence-electron chi connectivity index (χ0n) is 16.0. The van der Waals surface area contributed by atoms with Crippen molar-refractivity contribution in [2.24, 2.45) is 0 Å². The van der Waals surface area contributed by atoms with Crippen LogP contribution in [0.3, 0.4) is 0 Å². The summed E-state index contributed by atoms with van der Waals surface area (Å²) >= 11 is 12.2. The van der Waals surface area contributed by atoms with E-state index in [1.807, 2.05) is 17.0 Å². The van der Waals surface area contributed by atoms with E-state index in [0.717, 1.165) is 24.1 Å². The van der Waals surface area contributed by atoms with Crippen molar-refractivity contribution in [3.8, 4) is 0 Å². The summed E-state index contributed by atoms with van der Waals surface area (Å²) in [5.74, 6) is -2.79. The number of anilines is 1. The van der Waals surface area contributed by atoms with E-state index >= 15 is 0 Å². The monoisotopic (exact) mass is 508 g/mol. The van der Waals surface area contributed by atoms with E-state index < -0.39 is 31.6 Å². The highest BCUT2D eigenvalue weighted by Crippen LogP contribution is 2.35. The second-order valence-corrected chi connectivity index (χ2v) is 11.0. The van der Waals surface area contributed by atoms with Crippen molar-refractivity contribution in [2.45, 2.75) is 29.7 Å². The van der Waals surface area contributed by atoms with E-state index in [0.29, 0.717) is 29.6 Å². The van der Waals surface area contributed by atoms with E-state index in [9.17, 15) is 22.0 Å². The van der Waals surface area contributed by atoms with Gasteiger partial charge in [-0.15, -0.1) is 0 Å². The van der Waals surface area contributed by atoms with Gasteiger partial charge in [-0.25, -0.2) is 17.2 Å². The summed E-state index contributed by atoms with van der Waals surface area (Å²) in [6.45, 7) is 1.58. The topological polar surface area (TPSA) is 57.7 Å². The molecule has 1 unspecified atom stereocenters. The number of hydrogen-bond acceptors (Lipinski definition) is 4. The summed E-state index contributed by atoms with van der Waals surface area (Å²) in [5.41, 5.74) is 0.966. The summed E-state index contributed by atoms with van der Waals surface area (Å²) in [7, 11) is 0.502. The molecule has 2 aliphatic rings. The van der Waals surface area contributed by atoms with Crippen LogP contribution >= 0.6 is 33.9 Å². The van der Waals surface area contributed by atoms with Gasteiger partial charge in [0, 0.05) is 39.5 Å². The molecule has 166 valence electrons. The molecular weight excluding hydrogens is 493 g/mol. The van der Waals surface area contributed by atoms with Gasteiger partial charge in [-0.05, 0) is 61.2 Å². The number of carbonyl (C=O) groups is 1. The summed E-state index contributed by atoms with van der Waals surface area (Å²) in [6, 6.07) is 6.60. The average molecular weight is 510 g/mol. The summed E-state index contributed by atoms with van der Waals surface area (Å²) in [6.07, 6.45) is 1.31. The highest BCUT2D eigenvalue weighted by molar-refractivity contribution is 8.13. The van der Waals surface area contributed by atoms with Gasteiger partial charge in [-0.1, -0.05) is 23.2 Å². The zero-order valence-corrected chi connectivity index (χ0v) is 19.1. The van der Waals surface area contributed by atoms with E-state index in [1.165, 1.54) is 4.90 Å². The average Bonchev–Trinajstić information content (AvgIpc) is 3.25. The van der Waals surface area contributed by atoms with Crippen LogP contribution in [0, 0.1) is 11.6 Å². The van der Waals surface area contributed by atoms with Crippen LogP contribution in [0.25, 0.3) is 0 Å². The van der Waals surface area contributed by atoms with Gasteiger partial charge in [-0.3, -0.25) is 9.69 Å².